The minimum atomic E-state index is -1.08. The third-order valence-electron chi connectivity index (χ3n) is 3.71. The number of pyridine rings is 1. The quantitative estimate of drug-likeness (QED) is 0.908. The van der Waals surface area contributed by atoms with Crippen LogP contribution in [0.5, 0.6) is 0 Å². The first kappa shape index (κ1) is 13.0. The molecule has 1 aromatic carbocycles. The van der Waals surface area contributed by atoms with Gasteiger partial charge in [-0.2, -0.15) is 0 Å². The highest BCUT2D eigenvalue weighted by molar-refractivity contribution is 6.05. The first-order valence-corrected chi connectivity index (χ1v) is 6.60. The molecule has 1 fully saturated rings. The molecule has 0 bridgehead atoms. The van der Waals surface area contributed by atoms with E-state index in [0.29, 0.717) is 5.69 Å². The van der Waals surface area contributed by atoms with Crippen LogP contribution in [0.25, 0.3) is 10.8 Å². The molecule has 3 rings (SSSR count). The topological polar surface area (TPSA) is 53.4 Å². The number of halogens is 1. The number of carbonyl (C=O) groups excluding carboxylic acids is 1. The highest BCUT2D eigenvalue weighted by atomic mass is 19.1. The molecule has 1 N–H and O–H groups in total. The monoisotopic (exact) mass is 274 g/mol. The Morgan fingerprint density at radius 2 is 2.20 bits per heavy atom. The van der Waals surface area contributed by atoms with E-state index in [1.54, 1.807) is 6.20 Å². The number of likely N-dealkylation sites (tertiary alicyclic amines) is 1. The van der Waals surface area contributed by atoms with Crippen molar-refractivity contribution in [1.82, 2.24) is 9.88 Å². The Morgan fingerprint density at radius 3 is 3.00 bits per heavy atom. The lowest BCUT2D eigenvalue weighted by molar-refractivity contribution is 0.0669. The molecule has 5 heteroatoms. The van der Waals surface area contributed by atoms with Crippen molar-refractivity contribution in [2.45, 2.75) is 18.6 Å². The molecule has 0 radical (unpaired) electrons. The molecule has 0 saturated carbocycles. The maximum absolute atomic E-state index is 13.5. The first-order chi connectivity index (χ1) is 9.70. The lowest BCUT2D eigenvalue weighted by Gasteiger charge is -2.22. The third kappa shape index (κ3) is 2.14. The standard InChI is InChI=1S/C15H15FN2O2/c16-11-7-12(9-19)18(8-11)15(20)14-13-4-2-1-3-10(13)5-6-17-14/h1-6,11-12,19H,7-9H2/t11-,12-/m0/s1. The minimum Gasteiger partial charge on any atom is -0.394 e. The van der Waals surface area contributed by atoms with Crippen molar-refractivity contribution in [1.29, 1.82) is 0 Å². The van der Waals surface area contributed by atoms with Crippen LogP contribution < -0.4 is 0 Å². The van der Waals surface area contributed by atoms with Crippen LogP contribution in [0, 0.1) is 0 Å². The Kier molecular flexibility index (Phi) is 3.36. The minimum absolute atomic E-state index is 0.0228. The summed E-state index contributed by atoms with van der Waals surface area (Å²) in [5, 5.41) is 11.0. The number of aromatic nitrogens is 1. The molecule has 0 aliphatic carbocycles. The molecule has 1 saturated heterocycles. The number of hydrogen-bond acceptors (Lipinski definition) is 3. The molecule has 0 spiro atoms. The van der Waals surface area contributed by atoms with Crippen molar-refractivity contribution in [2.24, 2.45) is 0 Å². The first-order valence-electron chi connectivity index (χ1n) is 6.60. The summed E-state index contributed by atoms with van der Waals surface area (Å²) in [5.41, 5.74) is 0.315. The van der Waals surface area contributed by atoms with Crippen LogP contribution in [0.3, 0.4) is 0 Å². The fraction of sp³-hybridized carbons (Fsp3) is 0.333. The number of benzene rings is 1. The van der Waals surface area contributed by atoms with Crippen LogP contribution in [0.15, 0.2) is 36.5 Å². The number of hydrogen-bond donors (Lipinski definition) is 1. The Labute approximate surface area is 115 Å². The van der Waals surface area contributed by atoms with E-state index in [9.17, 15) is 14.3 Å². The van der Waals surface area contributed by atoms with E-state index in [4.69, 9.17) is 0 Å². The molecule has 1 aliphatic heterocycles. The van der Waals surface area contributed by atoms with Crippen LogP contribution in [0.2, 0.25) is 0 Å². The van der Waals surface area contributed by atoms with Gasteiger partial charge in [-0.3, -0.25) is 9.78 Å². The van der Waals surface area contributed by atoms with Crippen molar-refractivity contribution in [3.05, 3.63) is 42.2 Å². The van der Waals surface area contributed by atoms with Crippen molar-refractivity contribution < 1.29 is 14.3 Å². The van der Waals surface area contributed by atoms with Gasteiger partial charge in [0.2, 0.25) is 0 Å². The van der Waals surface area contributed by atoms with E-state index in [0.717, 1.165) is 10.8 Å². The van der Waals surface area contributed by atoms with Crippen LogP contribution in [-0.2, 0) is 0 Å². The summed E-state index contributed by atoms with van der Waals surface area (Å²) < 4.78 is 13.5. The zero-order valence-corrected chi connectivity index (χ0v) is 10.9. The predicted octanol–water partition coefficient (Wildman–Crippen LogP) is 1.78. The van der Waals surface area contributed by atoms with Crippen LogP contribution in [-0.4, -0.2) is 46.3 Å². The van der Waals surface area contributed by atoms with Gasteiger partial charge in [0.1, 0.15) is 11.9 Å². The molecule has 2 heterocycles. The number of fused-ring (bicyclic) bond motifs is 1. The second-order valence-electron chi connectivity index (χ2n) is 5.01. The highest BCUT2D eigenvalue weighted by Gasteiger charge is 2.36. The zero-order chi connectivity index (χ0) is 14.1. The summed E-state index contributed by atoms with van der Waals surface area (Å²) in [6.07, 6.45) is 0.686. The third-order valence-corrected chi connectivity index (χ3v) is 3.71. The smallest absolute Gasteiger partial charge is 0.273 e. The normalized spacial score (nSPS) is 22.4. The number of amides is 1. The fourth-order valence-corrected chi connectivity index (χ4v) is 2.71. The summed E-state index contributed by atoms with van der Waals surface area (Å²) in [6.45, 7) is -0.202. The molecule has 2 atom stereocenters. The molecular weight excluding hydrogens is 259 g/mol. The summed E-state index contributed by atoms with van der Waals surface area (Å²) in [4.78, 5) is 18.1. The van der Waals surface area contributed by atoms with E-state index in [-0.39, 0.29) is 25.5 Å². The summed E-state index contributed by atoms with van der Waals surface area (Å²) in [5.74, 6) is -0.319. The van der Waals surface area contributed by atoms with Crippen molar-refractivity contribution in [3.8, 4) is 0 Å². The average Bonchev–Trinajstić information content (AvgIpc) is 2.87. The number of aliphatic hydroxyl groups excluding tert-OH is 1. The Hall–Kier alpha value is -2.01. The number of alkyl halides is 1. The van der Waals surface area contributed by atoms with Gasteiger partial charge < -0.3 is 10.0 Å². The van der Waals surface area contributed by atoms with Gasteiger partial charge in [-0.05, 0) is 11.5 Å². The van der Waals surface area contributed by atoms with Crippen molar-refractivity contribution in [3.63, 3.8) is 0 Å². The second kappa shape index (κ2) is 5.17. The lowest BCUT2D eigenvalue weighted by Crippen LogP contribution is -2.38. The van der Waals surface area contributed by atoms with Gasteiger partial charge in [-0.1, -0.05) is 24.3 Å². The Balaban J connectivity index is 2.00. The maximum Gasteiger partial charge on any atom is 0.273 e. The number of nitrogens with zero attached hydrogens (tertiary/aromatic N) is 2. The Bertz CT molecular complexity index is 641. The lowest BCUT2D eigenvalue weighted by atomic mass is 10.1. The predicted molar refractivity (Wildman–Crippen MR) is 73.2 cm³/mol. The van der Waals surface area contributed by atoms with Crippen LogP contribution in [0.1, 0.15) is 16.9 Å². The van der Waals surface area contributed by atoms with Gasteiger partial charge in [0.25, 0.3) is 5.91 Å². The zero-order valence-electron chi connectivity index (χ0n) is 10.9. The Morgan fingerprint density at radius 1 is 1.40 bits per heavy atom. The highest BCUT2D eigenvalue weighted by Crippen LogP contribution is 2.24. The van der Waals surface area contributed by atoms with Crippen molar-refractivity contribution in [2.75, 3.05) is 13.2 Å². The number of carbonyl (C=O) groups is 1. The van der Waals surface area contributed by atoms with E-state index in [1.165, 1.54) is 4.90 Å². The molecule has 2 aromatic rings. The summed E-state index contributed by atoms with van der Waals surface area (Å²) in [7, 11) is 0. The van der Waals surface area contributed by atoms with Gasteiger partial charge in [-0.15, -0.1) is 0 Å². The SMILES string of the molecule is O=C(c1nccc2ccccc12)N1C[C@@H](F)C[C@H]1CO. The molecule has 20 heavy (non-hydrogen) atoms. The van der Waals surface area contributed by atoms with Crippen molar-refractivity contribution >= 4 is 16.7 Å². The number of rotatable bonds is 2. The van der Waals surface area contributed by atoms with E-state index in [2.05, 4.69) is 4.98 Å². The van der Waals surface area contributed by atoms with E-state index in [1.807, 2.05) is 30.3 Å². The van der Waals surface area contributed by atoms with Gasteiger partial charge in [0.05, 0.1) is 19.2 Å². The van der Waals surface area contributed by atoms with E-state index >= 15 is 0 Å². The second-order valence-corrected chi connectivity index (χ2v) is 5.01. The maximum atomic E-state index is 13.5. The largest absolute Gasteiger partial charge is 0.394 e. The molecule has 0 unspecified atom stereocenters. The van der Waals surface area contributed by atoms with Gasteiger partial charge in [0.15, 0.2) is 0 Å². The molecule has 1 amide bonds. The van der Waals surface area contributed by atoms with E-state index < -0.39 is 12.2 Å². The van der Waals surface area contributed by atoms with Gasteiger partial charge in [0, 0.05) is 18.0 Å². The van der Waals surface area contributed by atoms with Crippen LogP contribution in [0.4, 0.5) is 4.39 Å². The molecule has 4 nitrogen and oxygen atoms in total. The molecule has 104 valence electrons. The van der Waals surface area contributed by atoms with Gasteiger partial charge in [-0.25, -0.2) is 4.39 Å². The molecule has 1 aromatic heterocycles. The average molecular weight is 274 g/mol. The van der Waals surface area contributed by atoms with Crippen LogP contribution >= 0.6 is 0 Å². The summed E-state index contributed by atoms with van der Waals surface area (Å²) >= 11 is 0. The molecule has 1 aliphatic rings. The fourth-order valence-electron chi connectivity index (χ4n) is 2.71. The number of aliphatic hydroxyl groups is 1. The summed E-state index contributed by atoms with van der Waals surface area (Å²) in [6, 6.07) is 8.83. The van der Waals surface area contributed by atoms with Gasteiger partial charge >= 0.3 is 0 Å². The molecular formula is C15H15FN2O2.